The summed E-state index contributed by atoms with van der Waals surface area (Å²) in [5, 5.41) is 5.58. The molecule has 2 N–H and O–H groups in total. The van der Waals surface area contributed by atoms with Crippen molar-refractivity contribution in [2.45, 2.75) is 9.79 Å². The summed E-state index contributed by atoms with van der Waals surface area (Å²) in [6.45, 7) is -0.118. The highest BCUT2D eigenvalue weighted by Gasteiger charge is 2.23. The Morgan fingerprint density at radius 3 is 2.47 bits per heavy atom. The van der Waals surface area contributed by atoms with Crippen LogP contribution < -0.4 is 20.1 Å². The number of carbonyl (C=O) groups is 1. The van der Waals surface area contributed by atoms with Crippen molar-refractivity contribution >= 4 is 27.1 Å². The first kappa shape index (κ1) is 21.1. The lowest BCUT2D eigenvalue weighted by atomic mass is 10.3. The molecule has 0 aliphatic rings. The number of anilines is 2. The largest absolute Gasteiger partial charge is 0.493 e. The van der Waals surface area contributed by atoms with Crippen LogP contribution in [0.4, 0.5) is 11.4 Å². The molecule has 0 aliphatic carbocycles. The van der Waals surface area contributed by atoms with Gasteiger partial charge in [0.05, 0.1) is 48.1 Å². The lowest BCUT2D eigenvalue weighted by Crippen LogP contribution is -2.22. The van der Waals surface area contributed by atoms with Gasteiger partial charge in [-0.05, 0) is 36.4 Å². The zero-order valence-electron chi connectivity index (χ0n) is 16.5. The van der Waals surface area contributed by atoms with E-state index in [9.17, 15) is 13.2 Å². The summed E-state index contributed by atoms with van der Waals surface area (Å²) in [4.78, 5) is 16.2. The molecule has 0 saturated heterocycles. The van der Waals surface area contributed by atoms with Crippen LogP contribution >= 0.6 is 0 Å². The van der Waals surface area contributed by atoms with E-state index in [4.69, 9.17) is 9.47 Å². The van der Waals surface area contributed by atoms with E-state index in [1.54, 1.807) is 36.5 Å². The van der Waals surface area contributed by atoms with E-state index in [0.29, 0.717) is 22.9 Å². The number of sulfone groups is 1. The Hall–Kier alpha value is -3.59. The molecule has 1 amide bonds. The minimum absolute atomic E-state index is 0.0476. The van der Waals surface area contributed by atoms with Gasteiger partial charge in [0.15, 0.2) is 11.5 Å². The van der Waals surface area contributed by atoms with Gasteiger partial charge in [-0.1, -0.05) is 12.1 Å². The number of benzene rings is 2. The van der Waals surface area contributed by atoms with Gasteiger partial charge in [-0.25, -0.2) is 8.42 Å². The summed E-state index contributed by atoms with van der Waals surface area (Å²) in [6, 6.07) is 14.2. The van der Waals surface area contributed by atoms with E-state index in [1.807, 2.05) is 0 Å². The Labute approximate surface area is 174 Å². The Balaban J connectivity index is 1.83. The maximum Gasteiger partial charge on any atom is 0.243 e. The second-order valence-corrected chi connectivity index (χ2v) is 8.08. The summed E-state index contributed by atoms with van der Waals surface area (Å²) < 4.78 is 36.8. The van der Waals surface area contributed by atoms with Crippen molar-refractivity contribution in [2.24, 2.45) is 0 Å². The van der Waals surface area contributed by atoms with Crippen molar-refractivity contribution < 1.29 is 22.7 Å². The molecule has 0 bridgehead atoms. The van der Waals surface area contributed by atoms with Crippen molar-refractivity contribution in [3.05, 3.63) is 67.0 Å². The highest BCUT2D eigenvalue weighted by atomic mass is 32.2. The van der Waals surface area contributed by atoms with Crippen LogP contribution in [0.25, 0.3) is 0 Å². The van der Waals surface area contributed by atoms with Crippen molar-refractivity contribution in [3.8, 4) is 11.5 Å². The minimum atomic E-state index is -3.87. The van der Waals surface area contributed by atoms with E-state index in [2.05, 4.69) is 15.6 Å². The van der Waals surface area contributed by atoms with Crippen LogP contribution in [0.5, 0.6) is 11.5 Å². The van der Waals surface area contributed by atoms with Gasteiger partial charge >= 0.3 is 0 Å². The highest BCUT2D eigenvalue weighted by molar-refractivity contribution is 7.91. The number of nitrogens with zero attached hydrogens (tertiary/aromatic N) is 1. The molecule has 8 nitrogen and oxygen atoms in total. The molecule has 2 aromatic carbocycles. The number of ether oxygens (including phenoxy) is 2. The van der Waals surface area contributed by atoms with Crippen LogP contribution in [-0.4, -0.2) is 40.1 Å². The molecule has 0 aliphatic heterocycles. The predicted molar refractivity (Wildman–Crippen MR) is 113 cm³/mol. The van der Waals surface area contributed by atoms with Crippen LogP contribution in [0.3, 0.4) is 0 Å². The smallest absolute Gasteiger partial charge is 0.243 e. The Kier molecular flexibility index (Phi) is 6.53. The van der Waals surface area contributed by atoms with E-state index >= 15 is 0 Å². The van der Waals surface area contributed by atoms with Gasteiger partial charge in [0.2, 0.25) is 15.7 Å². The van der Waals surface area contributed by atoms with Crippen LogP contribution in [-0.2, 0) is 14.6 Å². The average Bonchev–Trinajstić information content (AvgIpc) is 2.78. The number of pyridine rings is 1. The van der Waals surface area contributed by atoms with Crippen molar-refractivity contribution in [3.63, 3.8) is 0 Å². The molecule has 1 aromatic heterocycles. The first-order chi connectivity index (χ1) is 14.5. The van der Waals surface area contributed by atoms with E-state index in [1.165, 1.54) is 44.7 Å². The molecule has 0 fully saturated rings. The number of hydrogen-bond acceptors (Lipinski definition) is 7. The molecule has 0 unspecified atom stereocenters. The zero-order chi connectivity index (χ0) is 21.6. The fourth-order valence-corrected chi connectivity index (χ4v) is 4.23. The third-order valence-electron chi connectivity index (χ3n) is 4.23. The summed E-state index contributed by atoms with van der Waals surface area (Å²) in [7, 11) is -0.965. The lowest BCUT2D eigenvalue weighted by molar-refractivity contribution is -0.114. The van der Waals surface area contributed by atoms with Gasteiger partial charge in [0, 0.05) is 12.3 Å². The van der Waals surface area contributed by atoms with Crippen molar-refractivity contribution in [1.82, 2.24) is 4.98 Å². The van der Waals surface area contributed by atoms with Gasteiger partial charge in [-0.15, -0.1) is 0 Å². The predicted octanol–water partition coefficient (Wildman–Crippen LogP) is 2.98. The van der Waals surface area contributed by atoms with Crippen LogP contribution in [0, 0.1) is 0 Å². The van der Waals surface area contributed by atoms with Crippen molar-refractivity contribution in [2.75, 3.05) is 31.4 Å². The van der Waals surface area contributed by atoms with Crippen LogP contribution in [0.1, 0.15) is 0 Å². The fourth-order valence-electron chi connectivity index (χ4n) is 2.78. The maximum absolute atomic E-state index is 13.2. The number of methoxy groups -OCH3 is 2. The van der Waals surface area contributed by atoms with E-state index in [0.717, 1.165) is 0 Å². The quantitative estimate of drug-likeness (QED) is 0.569. The number of nitrogens with one attached hydrogen (secondary N) is 2. The van der Waals surface area contributed by atoms with Gasteiger partial charge in [-0.3, -0.25) is 9.78 Å². The SMILES string of the molecule is COc1ccc(S(=O)(=O)c2ccccc2NCC(=O)Nc2cccnc2)cc1OC. The molecule has 3 aromatic rings. The molecule has 0 atom stereocenters. The molecule has 0 saturated carbocycles. The normalized spacial score (nSPS) is 10.9. The highest BCUT2D eigenvalue weighted by Crippen LogP contribution is 2.33. The summed E-state index contributed by atoms with van der Waals surface area (Å²) >= 11 is 0. The Bertz CT molecular complexity index is 1130. The summed E-state index contributed by atoms with van der Waals surface area (Å²) in [6.07, 6.45) is 3.12. The number of hydrogen-bond donors (Lipinski definition) is 2. The molecule has 156 valence electrons. The van der Waals surface area contributed by atoms with Crippen molar-refractivity contribution in [1.29, 1.82) is 0 Å². The minimum Gasteiger partial charge on any atom is -0.493 e. The van der Waals surface area contributed by atoms with Gasteiger partial charge in [0.1, 0.15) is 0 Å². The van der Waals surface area contributed by atoms with Crippen LogP contribution in [0.15, 0.2) is 76.8 Å². The number of amides is 1. The average molecular weight is 427 g/mol. The van der Waals surface area contributed by atoms with Gasteiger partial charge in [0.25, 0.3) is 0 Å². The number of rotatable bonds is 8. The van der Waals surface area contributed by atoms with Crippen LogP contribution in [0.2, 0.25) is 0 Å². The first-order valence-corrected chi connectivity index (χ1v) is 10.4. The summed E-state index contributed by atoms with van der Waals surface area (Å²) in [5.41, 5.74) is 0.865. The monoisotopic (exact) mass is 427 g/mol. The molecular weight excluding hydrogens is 406 g/mol. The topological polar surface area (TPSA) is 107 Å². The molecule has 30 heavy (non-hydrogen) atoms. The first-order valence-electron chi connectivity index (χ1n) is 8.95. The second-order valence-electron chi connectivity index (χ2n) is 6.16. The molecule has 0 radical (unpaired) electrons. The number of carbonyl (C=O) groups excluding carboxylic acids is 1. The molecule has 9 heteroatoms. The second kappa shape index (κ2) is 9.27. The summed E-state index contributed by atoms with van der Waals surface area (Å²) in [5.74, 6) is 0.399. The van der Waals surface area contributed by atoms with Gasteiger partial charge in [-0.2, -0.15) is 0 Å². The molecular formula is C21H21N3O5S. The fraction of sp³-hybridized carbons (Fsp3) is 0.143. The third-order valence-corrected chi connectivity index (χ3v) is 6.04. The maximum atomic E-state index is 13.2. The lowest BCUT2D eigenvalue weighted by Gasteiger charge is -2.14. The third kappa shape index (κ3) is 4.69. The van der Waals surface area contributed by atoms with E-state index < -0.39 is 9.84 Å². The Morgan fingerprint density at radius 2 is 1.77 bits per heavy atom. The Morgan fingerprint density at radius 1 is 1.00 bits per heavy atom. The number of aromatic nitrogens is 1. The molecule has 3 rings (SSSR count). The van der Waals surface area contributed by atoms with E-state index in [-0.39, 0.29) is 22.2 Å². The number of para-hydroxylation sites is 1. The standard InChI is InChI=1S/C21H21N3O5S/c1-28-18-10-9-16(12-19(18)29-2)30(26,27)20-8-4-3-7-17(20)23-14-21(25)24-15-6-5-11-22-13-15/h3-13,23H,14H2,1-2H3,(H,24,25). The molecule has 1 heterocycles. The zero-order valence-corrected chi connectivity index (χ0v) is 17.3. The molecule has 0 spiro atoms. The van der Waals surface area contributed by atoms with Gasteiger partial charge < -0.3 is 20.1 Å².